The fourth-order valence-electron chi connectivity index (χ4n) is 3.55. The molecule has 3 aromatic carbocycles. The first kappa shape index (κ1) is 19.5. The number of aromatic nitrogens is 4. The third kappa shape index (κ3) is 4.06. The molecule has 6 heteroatoms. The molecule has 0 fully saturated rings. The van der Waals surface area contributed by atoms with Gasteiger partial charge in [0.2, 0.25) is 0 Å². The highest BCUT2D eigenvalue weighted by Crippen LogP contribution is 2.31. The molecule has 0 aliphatic rings. The van der Waals surface area contributed by atoms with Gasteiger partial charge in [-0.25, -0.2) is 9.97 Å². The highest BCUT2D eigenvalue weighted by molar-refractivity contribution is 5.75. The summed E-state index contributed by atoms with van der Waals surface area (Å²) in [6.45, 7) is 1.38. The summed E-state index contributed by atoms with van der Waals surface area (Å²) < 4.78 is 5.40. The molecule has 0 atom stereocenters. The van der Waals surface area contributed by atoms with Gasteiger partial charge in [-0.1, -0.05) is 60.7 Å². The maximum absolute atomic E-state index is 11.6. The highest BCUT2D eigenvalue weighted by Gasteiger charge is 2.13. The van der Waals surface area contributed by atoms with Gasteiger partial charge in [-0.05, 0) is 18.2 Å². The van der Waals surface area contributed by atoms with E-state index in [4.69, 9.17) is 14.7 Å². The lowest BCUT2D eigenvalue weighted by atomic mass is 10.1. The maximum Gasteiger partial charge on any atom is 0.308 e. The Hall–Kier alpha value is -4.45. The Morgan fingerprint density at radius 2 is 1.16 bits per heavy atom. The van der Waals surface area contributed by atoms with E-state index in [1.165, 1.54) is 6.92 Å². The van der Waals surface area contributed by atoms with Crippen molar-refractivity contribution in [1.82, 2.24) is 19.9 Å². The summed E-state index contributed by atoms with van der Waals surface area (Å²) in [5.41, 5.74) is 5.29. The molecule has 2 aromatic heterocycles. The lowest BCUT2D eigenvalue weighted by Gasteiger charge is -2.07. The standard InChI is InChI=1S/C26H20N4O2/c1-17(31)32-22-13-20(25-27-15-23(29-25)18-8-4-2-5-9-18)12-21(14-22)26-28-16-24(30-26)19-10-6-3-7-11-19/h2-16H,1H3,(H,27,29)(H,28,30). The summed E-state index contributed by atoms with van der Waals surface area (Å²) in [6.07, 6.45) is 3.73. The van der Waals surface area contributed by atoms with Gasteiger partial charge in [0.1, 0.15) is 17.4 Å². The molecule has 0 bridgehead atoms. The molecule has 0 spiro atoms. The van der Waals surface area contributed by atoms with E-state index >= 15 is 0 Å². The second kappa shape index (κ2) is 8.35. The van der Waals surface area contributed by atoms with Crippen molar-refractivity contribution >= 4 is 5.97 Å². The largest absolute Gasteiger partial charge is 0.427 e. The molecular weight excluding hydrogens is 400 g/mol. The predicted molar refractivity (Wildman–Crippen MR) is 124 cm³/mol. The number of nitrogens with zero attached hydrogens (tertiary/aromatic N) is 2. The monoisotopic (exact) mass is 420 g/mol. The zero-order chi connectivity index (χ0) is 21.9. The van der Waals surface area contributed by atoms with Gasteiger partial charge in [-0.15, -0.1) is 0 Å². The van der Waals surface area contributed by atoms with Gasteiger partial charge >= 0.3 is 5.97 Å². The lowest BCUT2D eigenvalue weighted by Crippen LogP contribution is -2.02. The number of nitrogens with one attached hydrogen (secondary N) is 2. The normalized spacial score (nSPS) is 10.8. The van der Waals surface area contributed by atoms with Crippen LogP contribution in [0.5, 0.6) is 5.75 Å². The van der Waals surface area contributed by atoms with Gasteiger partial charge in [0, 0.05) is 41.6 Å². The molecule has 2 heterocycles. The van der Waals surface area contributed by atoms with Crippen LogP contribution in [-0.4, -0.2) is 25.9 Å². The molecule has 32 heavy (non-hydrogen) atoms. The van der Waals surface area contributed by atoms with Gasteiger partial charge in [0.15, 0.2) is 0 Å². The average molecular weight is 420 g/mol. The van der Waals surface area contributed by atoms with Gasteiger partial charge in [0.25, 0.3) is 0 Å². The Labute approximate surface area is 185 Å². The second-order valence-corrected chi connectivity index (χ2v) is 7.34. The number of rotatable bonds is 5. The van der Waals surface area contributed by atoms with Crippen LogP contribution in [0.25, 0.3) is 45.3 Å². The Bertz CT molecular complexity index is 1280. The Morgan fingerprint density at radius 3 is 1.59 bits per heavy atom. The molecule has 0 saturated heterocycles. The molecule has 5 aromatic rings. The van der Waals surface area contributed by atoms with E-state index in [0.29, 0.717) is 17.4 Å². The third-order valence-electron chi connectivity index (χ3n) is 5.01. The Kier molecular flexibility index (Phi) is 5.09. The van der Waals surface area contributed by atoms with E-state index in [1.54, 1.807) is 12.1 Å². The summed E-state index contributed by atoms with van der Waals surface area (Å²) in [5, 5.41) is 0. The quantitative estimate of drug-likeness (QED) is 0.281. The van der Waals surface area contributed by atoms with Crippen LogP contribution in [0.2, 0.25) is 0 Å². The molecule has 0 unspecified atom stereocenters. The number of imidazole rings is 2. The van der Waals surface area contributed by atoms with E-state index in [1.807, 2.05) is 79.1 Å². The highest BCUT2D eigenvalue weighted by atomic mass is 16.5. The van der Waals surface area contributed by atoms with Crippen LogP contribution in [0.3, 0.4) is 0 Å². The number of carbonyl (C=O) groups excluding carboxylic acids is 1. The summed E-state index contributed by atoms with van der Waals surface area (Å²) >= 11 is 0. The van der Waals surface area contributed by atoms with Gasteiger partial charge in [-0.2, -0.15) is 0 Å². The first-order chi connectivity index (χ1) is 15.7. The van der Waals surface area contributed by atoms with Crippen LogP contribution in [-0.2, 0) is 4.79 Å². The van der Waals surface area contributed by atoms with Gasteiger partial charge < -0.3 is 14.7 Å². The minimum atomic E-state index is -0.387. The number of hydrogen-bond donors (Lipinski definition) is 2. The minimum absolute atomic E-state index is 0.387. The number of esters is 1. The number of benzene rings is 3. The predicted octanol–water partition coefficient (Wildman–Crippen LogP) is 5.73. The van der Waals surface area contributed by atoms with Crippen molar-refractivity contribution in [2.24, 2.45) is 0 Å². The number of H-pyrrole nitrogens is 2. The maximum atomic E-state index is 11.6. The Balaban J connectivity index is 1.55. The molecule has 156 valence electrons. The van der Waals surface area contributed by atoms with Crippen LogP contribution in [0.15, 0.2) is 91.3 Å². The zero-order valence-electron chi connectivity index (χ0n) is 17.4. The first-order valence-electron chi connectivity index (χ1n) is 10.2. The molecule has 0 saturated carbocycles. The smallest absolute Gasteiger partial charge is 0.308 e. The molecule has 0 aliphatic carbocycles. The average Bonchev–Trinajstić information content (AvgIpc) is 3.50. The lowest BCUT2D eigenvalue weighted by molar-refractivity contribution is -0.131. The molecule has 0 aliphatic heterocycles. The van der Waals surface area contributed by atoms with Crippen molar-refractivity contribution in [1.29, 1.82) is 0 Å². The van der Waals surface area contributed by atoms with E-state index in [9.17, 15) is 4.79 Å². The SMILES string of the molecule is CC(=O)Oc1cc(-c2nc(-c3ccccc3)c[nH]2)cc(-c2nc(-c3ccccc3)c[nH]2)c1. The van der Waals surface area contributed by atoms with Crippen molar-refractivity contribution in [3.8, 4) is 51.0 Å². The zero-order valence-corrected chi connectivity index (χ0v) is 17.4. The molecule has 6 nitrogen and oxygen atoms in total. The number of ether oxygens (including phenoxy) is 1. The van der Waals surface area contributed by atoms with Crippen molar-refractivity contribution < 1.29 is 9.53 Å². The fraction of sp³-hybridized carbons (Fsp3) is 0.0385. The van der Waals surface area contributed by atoms with Crippen molar-refractivity contribution in [3.05, 3.63) is 91.3 Å². The van der Waals surface area contributed by atoms with Gasteiger partial charge in [-0.3, -0.25) is 4.79 Å². The number of hydrogen-bond acceptors (Lipinski definition) is 4. The summed E-state index contributed by atoms with van der Waals surface area (Å²) in [5.74, 6) is 1.39. The molecule has 0 radical (unpaired) electrons. The van der Waals surface area contributed by atoms with E-state index in [0.717, 1.165) is 33.6 Å². The summed E-state index contributed by atoms with van der Waals surface area (Å²) in [6, 6.07) is 25.4. The van der Waals surface area contributed by atoms with E-state index in [2.05, 4.69) is 9.97 Å². The van der Waals surface area contributed by atoms with E-state index < -0.39 is 0 Å². The van der Waals surface area contributed by atoms with E-state index in [-0.39, 0.29) is 5.97 Å². The molecule has 2 N–H and O–H groups in total. The molecule has 0 amide bonds. The topological polar surface area (TPSA) is 83.7 Å². The third-order valence-corrected chi connectivity index (χ3v) is 5.01. The first-order valence-corrected chi connectivity index (χ1v) is 10.2. The fourth-order valence-corrected chi connectivity index (χ4v) is 3.55. The minimum Gasteiger partial charge on any atom is -0.427 e. The molecular formula is C26H20N4O2. The van der Waals surface area contributed by atoms with Crippen LogP contribution >= 0.6 is 0 Å². The van der Waals surface area contributed by atoms with Crippen LogP contribution in [0, 0.1) is 0 Å². The number of carbonyl (C=O) groups is 1. The van der Waals surface area contributed by atoms with Crippen molar-refractivity contribution in [2.45, 2.75) is 6.92 Å². The van der Waals surface area contributed by atoms with Crippen molar-refractivity contribution in [2.75, 3.05) is 0 Å². The second-order valence-electron chi connectivity index (χ2n) is 7.34. The summed E-state index contributed by atoms with van der Waals surface area (Å²) in [7, 11) is 0. The molecule has 5 rings (SSSR count). The van der Waals surface area contributed by atoms with Crippen LogP contribution in [0.1, 0.15) is 6.92 Å². The van der Waals surface area contributed by atoms with Gasteiger partial charge in [0.05, 0.1) is 11.4 Å². The van der Waals surface area contributed by atoms with Crippen LogP contribution < -0.4 is 4.74 Å². The van der Waals surface area contributed by atoms with Crippen LogP contribution in [0.4, 0.5) is 0 Å². The number of aromatic amines is 2. The summed E-state index contributed by atoms with van der Waals surface area (Å²) in [4.78, 5) is 27.5. The van der Waals surface area contributed by atoms with Crippen molar-refractivity contribution in [3.63, 3.8) is 0 Å². The Morgan fingerprint density at radius 1 is 0.688 bits per heavy atom.